The van der Waals surface area contributed by atoms with Gasteiger partial charge in [-0.25, -0.2) is 0 Å². The van der Waals surface area contributed by atoms with Crippen molar-refractivity contribution in [3.8, 4) is 0 Å². The Kier molecular flexibility index (Phi) is 6.15. The highest BCUT2D eigenvalue weighted by atomic mass is 32.2. The Labute approximate surface area is 91.3 Å². The maximum atomic E-state index is 10.4. The van der Waals surface area contributed by atoms with Crippen molar-refractivity contribution in [1.82, 2.24) is 4.90 Å². The zero-order valence-electron chi connectivity index (χ0n) is 9.21. The molecular weight excluding hydrogens is 214 g/mol. The van der Waals surface area contributed by atoms with E-state index in [1.165, 1.54) is 0 Å². The Bertz CT molecular complexity index is 357. The average molecular weight is 231 g/mol. The number of benzene rings is 1. The highest BCUT2D eigenvalue weighted by molar-refractivity contribution is 7.85. The smallest absolute Gasteiger partial charge is 0.269 e. The minimum absolute atomic E-state index is 0.312. The highest BCUT2D eigenvalue weighted by Gasteiger charge is 2.04. The Morgan fingerprint density at radius 3 is 1.87 bits per heavy atom. The van der Waals surface area contributed by atoms with E-state index in [4.69, 9.17) is 4.55 Å². The molecule has 1 N–H and O–H groups in total. The van der Waals surface area contributed by atoms with Crippen LogP contribution in [0.1, 0.15) is 5.56 Å². The summed E-state index contributed by atoms with van der Waals surface area (Å²) < 4.78 is 29.2. The second-order valence-electron chi connectivity index (χ2n) is 3.55. The lowest BCUT2D eigenvalue weighted by Gasteiger charge is -1.95. The van der Waals surface area contributed by atoms with Gasteiger partial charge in [0, 0.05) is 0 Å². The summed E-state index contributed by atoms with van der Waals surface area (Å²) >= 11 is 0. The first kappa shape index (κ1) is 14.1. The fraction of sp³-hybridized carbons (Fsp3) is 0.400. The summed E-state index contributed by atoms with van der Waals surface area (Å²) in [5, 5.41) is 0. The normalized spacial score (nSPS) is 10.7. The summed E-state index contributed by atoms with van der Waals surface area (Å²) in [6, 6.07) is 8.52. The molecule has 0 saturated carbocycles. The summed E-state index contributed by atoms with van der Waals surface area (Å²) in [7, 11) is 2.12. The molecule has 1 rings (SSSR count). The van der Waals surface area contributed by atoms with Crippen molar-refractivity contribution in [3.05, 3.63) is 35.9 Å². The van der Waals surface area contributed by atoms with Crippen molar-refractivity contribution in [1.29, 1.82) is 0 Å². The molecule has 0 aliphatic rings. The number of hydrogen-bond acceptors (Lipinski definition) is 3. The first-order valence-corrected chi connectivity index (χ1v) is 6.02. The van der Waals surface area contributed by atoms with E-state index in [1.807, 2.05) is 26.0 Å². The van der Waals surface area contributed by atoms with Crippen LogP contribution in [0.5, 0.6) is 0 Å². The van der Waals surface area contributed by atoms with Gasteiger partial charge in [0.15, 0.2) is 0 Å². The molecule has 0 spiro atoms. The van der Waals surface area contributed by atoms with Gasteiger partial charge >= 0.3 is 0 Å². The minimum Gasteiger partial charge on any atom is -0.312 e. The van der Waals surface area contributed by atoms with E-state index >= 15 is 0 Å². The van der Waals surface area contributed by atoms with Crippen LogP contribution in [-0.4, -0.2) is 39.0 Å². The van der Waals surface area contributed by atoms with Crippen LogP contribution >= 0.6 is 0 Å². The molecule has 0 atom stereocenters. The van der Waals surface area contributed by atoms with E-state index in [9.17, 15) is 8.42 Å². The molecule has 0 saturated heterocycles. The largest absolute Gasteiger partial charge is 0.312 e. The van der Waals surface area contributed by atoms with E-state index in [0.717, 1.165) is 0 Å². The van der Waals surface area contributed by atoms with Crippen molar-refractivity contribution < 1.29 is 13.0 Å². The molecule has 0 unspecified atom stereocenters. The third kappa shape index (κ3) is 11.0. The van der Waals surface area contributed by atoms with Crippen LogP contribution < -0.4 is 0 Å². The van der Waals surface area contributed by atoms with Gasteiger partial charge in [-0.15, -0.1) is 0 Å². The van der Waals surface area contributed by atoms with Gasteiger partial charge in [0.1, 0.15) is 5.75 Å². The summed E-state index contributed by atoms with van der Waals surface area (Å²) in [5.41, 5.74) is 0.593. The zero-order valence-corrected chi connectivity index (χ0v) is 10.0. The van der Waals surface area contributed by atoms with Crippen LogP contribution in [0, 0.1) is 0 Å². The molecule has 5 heteroatoms. The summed E-state index contributed by atoms with van der Waals surface area (Å²) in [6.07, 6.45) is 0. The van der Waals surface area contributed by atoms with E-state index in [-0.39, 0.29) is 5.75 Å². The van der Waals surface area contributed by atoms with Crippen LogP contribution in [-0.2, 0) is 15.9 Å². The van der Waals surface area contributed by atoms with Crippen molar-refractivity contribution in [2.75, 3.05) is 21.1 Å². The predicted molar refractivity (Wildman–Crippen MR) is 61.3 cm³/mol. The van der Waals surface area contributed by atoms with Gasteiger partial charge < -0.3 is 4.90 Å². The van der Waals surface area contributed by atoms with Crippen molar-refractivity contribution in [3.63, 3.8) is 0 Å². The molecule has 0 amide bonds. The minimum atomic E-state index is -3.88. The molecule has 0 fully saturated rings. The lowest BCUT2D eigenvalue weighted by Crippen LogP contribution is -2.00. The van der Waals surface area contributed by atoms with E-state index in [0.29, 0.717) is 5.56 Å². The molecule has 15 heavy (non-hydrogen) atoms. The molecule has 86 valence electrons. The lowest BCUT2D eigenvalue weighted by molar-refractivity contribution is 0.482. The standard InChI is InChI=1S/C7H8O3S.C3H9N/c8-11(9,10)6-7-4-2-1-3-5-7;1-4(2)3/h1-5H,6H2,(H,8,9,10);1-3H3. The Balaban J connectivity index is 0.000000423. The Morgan fingerprint density at radius 1 is 1.13 bits per heavy atom. The van der Waals surface area contributed by atoms with Crippen LogP contribution in [0.2, 0.25) is 0 Å². The molecule has 4 nitrogen and oxygen atoms in total. The van der Waals surface area contributed by atoms with Gasteiger partial charge in [0.2, 0.25) is 0 Å². The van der Waals surface area contributed by atoms with Gasteiger partial charge in [0.05, 0.1) is 0 Å². The van der Waals surface area contributed by atoms with E-state index in [2.05, 4.69) is 0 Å². The van der Waals surface area contributed by atoms with Crippen LogP contribution in [0.3, 0.4) is 0 Å². The molecule has 0 bridgehead atoms. The third-order valence-corrected chi connectivity index (χ3v) is 1.89. The topological polar surface area (TPSA) is 57.6 Å². The van der Waals surface area contributed by atoms with Crippen molar-refractivity contribution in [2.24, 2.45) is 0 Å². The molecule has 0 aromatic heterocycles. The Morgan fingerprint density at radius 2 is 1.53 bits per heavy atom. The molecule has 1 aromatic carbocycles. The van der Waals surface area contributed by atoms with E-state index in [1.54, 1.807) is 30.3 Å². The molecule has 0 radical (unpaired) electrons. The molecule has 0 aliphatic carbocycles. The fourth-order valence-electron chi connectivity index (χ4n) is 0.785. The number of hydrogen-bond donors (Lipinski definition) is 1. The molecule has 1 aromatic rings. The van der Waals surface area contributed by atoms with Crippen LogP contribution in [0.25, 0.3) is 0 Å². The van der Waals surface area contributed by atoms with Gasteiger partial charge in [-0.3, -0.25) is 4.55 Å². The predicted octanol–water partition coefficient (Wildman–Crippen LogP) is 1.25. The van der Waals surface area contributed by atoms with Crippen LogP contribution in [0.15, 0.2) is 30.3 Å². The number of rotatable bonds is 2. The first-order chi connectivity index (χ1) is 6.81. The van der Waals surface area contributed by atoms with Crippen molar-refractivity contribution in [2.45, 2.75) is 5.75 Å². The molecular formula is C10H17NO3S. The van der Waals surface area contributed by atoms with E-state index < -0.39 is 10.1 Å². The maximum Gasteiger partial charge on any atom is 0.269 e. The van der Waals surface area contributed by atoms with Gasteiger partial charge in [-0.2, -0.15) is 8.42 Å². The second-order valence-corrected chi connectivity index (χ2v) is 5.01. The summed E-state index contributed by atoms with van der Waals surface area (Å²) in [4.78, 5) is 2.00. The fourth-order valence-corrected chi connectivity index (χ4v) is 1.40. The quantitative estimate of drug-likeness (QED) is 0.778. The van der Waals surface area contributed by atoms with Crippen molar-refractivity contribution >= 4 is 10.1 Å². The Hall–Kier alpha value is -0.910. The average Bonchev–Trinajstić information content (AvgIpc) is 2.01. The van der Waals surface area contributed by atoms with Gasteiger partial charge in [-0.05, 0) is 26.7 Å². The lowest BCUT2D eigenvalue weighted by atomic mass is 10.2. The second kappa shape index (κ2) is 6.55. The first-order valence-electron chi connectivity index (χ1n) is 4.41. The van der Waals surface area contributed by atoms with Crippen LogP contribution in [0.4, 0.5) is 0 Å². The van der Waals surface area contributed by atoms with Gasteiger partial charge in [-0.1, -0.05) is 30.3 Å². The maximum absolute atomic E-state index is 10.4. The third-order valence-electron chi connectivity index (χ3n) is 1.19. The zero-order chi connectivity index (χ0) is 11.9. The summed E-state index contributed by atoms with van der Waals surface area (Å²) in [5.74, 6) is -0.312. The number of nitrogens with zero attached hydrogens (tertiary/aromatic N) is 1. The molecule has 0 aliphatic heterocycles. The molecule has 0 heterocycles. The monoisotopic (exact) mass is 231 g/mol. The highest BCUT2D eigenvalue weighted by Crippen LogP contribution is 2.02. The summed E-state index contributed by atoms with van der Waals surface area (Å²) in [6.45, 7) is 0. The SMILES string of the molecule is CN(C)C.O=S(=O)(O)Cc1ccccc1. The van der Waals surface area contributed by atoms with Gasteiger partial charge in [0.25, 0.3) is 10.1 Å².